The molecule has 0 aromatic carbocycles. The van der Waals surface area contributed by atoms with Crippen molar-refractivity contribution in [3.63, 3.8) is 0 Å². The second kappa shape index (κ2) is 4.20. The van der Waals surface area contributed by atoms with Gasteiger partial charge in [0.05, 0.1) is 11.6 Å². The van der Waals surface area contributed by atoms with Gasteiger partial charge in [0.2, 0.25) is 0 Å². The van der Waals surface area contributed by atoms with Crippen molar-refractivity contribution in [1.29, 1.82) is 0 Å². The van der Waals surface area contributed by atoms with Crippen molar-refractivity contribution in [3.8, 4) is 0 Å². The minimum atomic E-state index is 0.350. The second-order valence-corrected chi connectivity index (χ2v) is 5.84. The number of H-pyrrole nitrogens is 1. The van der Waals surface area contributed by atoms with Crippen LogP contribution in [0, 0.1) is 5.92 Å². The van der Waals surface area contributed by atoms with E-state index in [4.69, 9.17) is 5.73 Å². The molecular weight excluding hydrogens is 238 g/mol. The van der Waals surface area contributed by atoms with Gasteiger partial charge >= 0.3 is 0 Å². The molecule has 100 valence electrons. The van der Waals surface area contributed by atoms with Crippen molar-refractivity contribution in [2.75, 3.05) is 5.73 Å². The number of nitrogens with zero attached hydrogens (tertiary/aromatic N) is 2. The molecule has 5 nitrogen and oxygen atoms in total. The van der Waals surface area contributed by atoms with Crippen molar-refractivity contribution in [2.45, 2.75) is 44.2 Å². The first kappa shape index (κ1) is 11.2. The Bertz CT molecular complexity index is 591. The number of imidazole rings is 1. The summed E-state index contributed by atoms with van der Waals surface area (Å²) >= 11 is 0. The zero-order valence-electron chi connectivity index (χ0n) is 10.9. The van der Waals surface area contributed by atoms with Gasteiger partial charge < -0.3 is 16.0 Å². The van der Waals surface area contributed by atoms with Crippen molar-refractivity contribution in [3.05, 3.63) is 18.0 Å². The van der Waals surface area contributed by atoms with Crippen LogP contribution in [-0.4, -0.2) is 21.0 Å². The van der Waals surface area contributed by atoms with Crippen LogP contribution in [0.25, 0.3) is 11.2 Å². The molecule has 1 saturated heterocycles. The minimum Gasteiger partial charge on any atom is -0.384 e. The summed E-state index contributed by atoms with van der Waals surface area (Å²) in [4.78, 5) is 12.3. The molecular formula is C14H19N5. The molecule has 1 aliphatic carbocycles. The highest BCUT2D eigenvalue weighted by Gasteiger charge is 2.36. The van der Waals surface area contributed by atoms with Gasteiger partial charge in [-0.15, -0.1) is 0 Å². The Hall–Kier alpha value is -1.62. The van der Waals surface area contributed by atoms with Crippen molar-refractivity contribution in [1.82, 2.24) is 20.3 Å². The molecule has 2 fully saturated rings. The van der Waals surface area contributed by atoms with Gasteiger partial charge in [-0.1, -0.05) is 12.8 Å². The van der Waals surface area contributed by atoms with Crippen molar-refractivity contribution >= 4 is 17.0 Å². The summed E-state index contributed by atoms with van der Waals surface area (Å²) in [5, 5.41) is 3.73. The maximum Gasteiger partial charge on any atom is 0.179 e. The van der Waals surface area contributed by atoms with Gasteiger partial charge in [0.25, 0.3) is 0 Å². The van der Waals surface area contributed by atoms with Gasteiger partial charge in [-0.2, -0.15) is 0 Å². The maximum absolute atomic E-state index is 5.70. The fourth-order valence-electron chi connectivity index (χ4n) is 3.62. The topological polar surface area (TPSA) is 79.6 Å². The van der Waals surface area contributed by atoms with Crippen molar-refractivity contribution in [2.24, 2.45) is 5.92 Å². The monoisotopic (exact) mass is 257 g/mol. The Balaban J connectivity index is 1.64. The molecule has 0 spiro atoms. The molecule has 0 bridgehead atoms. The summed E-state index contributed by atoms with van der Waals surface area (Å²) in [5.74, 6) is 2.37. The number of aromatic nitrogens is 3. The molecule has 2 aromatic rings. The van der Waals surface area contributed by atoms with Crippen LogP contribution >= 0.6 is 0 Å². The number of anilines is 1. The predicted octanol–water partition coefficient (Wildman–Crippen LogP) is 2.13. The van der Waals surface area contributed by atoms with E-state index in [1.165, 1.54) is 32.1 Å². The normalized spacial score (nSPS) is 30.6. The first-order valence-electron chi connectivity index (χ1n) is 7.18. The molecule has 0 amide bonds. The van der Waals surface area contributed by atoms with Crippen LogP contribution in [0.5, 0.6) is 0 Å². The molecule has 3 unspecified atom stereocenters. The van der Waals surface area contributed by atoms with E-state index in [1.54, 1.807) is 0 Å². The lowest BCUT2D eigenvalue weighted by molar-refractivity contribution is 0.325. The largest absolute Gasteiger partial charge is 0.384 e. The molecule has 3 atom stereocenters. The van der Waals surface area contributed by atoms with Crippen LogP contribution in [0.1, 0.15) is 44.0 Å². The standard InChI is InChI=1S/C14H19N5/c15-12-6-5-10-13(18-12)19-14(17-10)11-7-8-3-1-2-4-9(8)16-11/h5-6,8-9,11,16H,1-4,7H2,(H3,15,17,18,19). The third kappa shape index (κ3) is 1.89. The number of hydrogen-bond acceptors (Lipinski definition) is 4. The fraction of sp³-hybridized carbons (Fsp3) is 0.571. The first-order valence-corrected chi connectivity index (χ1v) is 7.18. The summed E-state index contributed by atoms with van der Waals surface area (Å²) in [5.41, 5.74) is 7.40. The minimum absolute atomic E-state index is 0.350. The van der Waals surface area contributed by atoms with Gasteiger partial charge in [-0.3, -0.25) is 0 Å². The summed E-state index contributed by atoms with van der Waals surface area (Å²) in [6.07, 6.45) is 6.61. The number of hydrogen-bond donors (Lipinski definition) is 3. The average Bonchev–Trinajstić information content (AvgIpc) is 3.00. The number of nitrogens with one attached hydrogen (secondary N) is 2. The lowest BCUT2D eigenvalue weighted by Crippen LogP contribution is -2.30. The Morgan fingerprint density at radius 1 is 1.16 bits per heavy atom. The summed E-state index contributed by atoms with van der Waals surface area (Å²) < 4.78 is 0. The molecule has 4 rings (SSSR count). The van der Waals surface area contributed by atoms with Gasteiger partial charge in [-0.25, -0.2) is 9.97 Å². The molecule has 2 aliphatic rings. The number of nitrogen functional groups attached to an aromatic ring is 1. The summed E-state index contributed by atoms with van der Waals surface area (Å²) in [6.45, 7) is 0. The molecule has 3 heterocycles. The molecule has 1 saturated carbocycles. The number of rotatable bonds is 1. The van der Waals surface area contributed by atoms with Gasteiger partial charge in [0.15, 0.2) is 5.65 Å². The zero-order chi connectivity index (χ0) is 12.8. The SMILES string of the molecule is Nc1ccc2[nH]c(C3CC4CCCCC4N3)nc2n1. The Morgan fingerprint density at radius 2 is 2.05 bits per heavy atom. The third-order valence-corrected chi connectivity index (χ3v) is 4.58. The number of fused-ring (bicyclic) bond motifs is 2. The van der Waals surface area contributed by atoms with Gasteiger partial charge in [0.1, 0.15) is 11.6 Å². The molecule has 4 N–H and O–H groups in total. The number of pyridine rings is 1. The highest BCUT2D eigenvalue weighted by atomic mass is 15.1. The van der Waals surface area contributed by atoms with Gasteiger partial charge in [0, 0.05) is 6.04 Å². The second-order valence-electron chi connectivity index (χ2n) is 5.84. The van der Waals surface area contributed by atoms with E-state index in [0.717, 1.165) is 22.9 Å². The number of nitrogens with two attached hydrogens (primary N) is 1. The van der Waals surface area contributed by atoms with Crippen LogP contribution in [0.2, 0.25) is 0 Å². The lowest BCUT2D eigenvalue weighted by Gasteiger charge is -2.24. The van der Waals surface area contributed by atoms with Crippen LogP contribution in [0.3, 0.4) is 0 Å². The molecule has 1 aliphatic heterocycles. The maximum atomic E-state index is 5.70. The van der Waals surface area contributed by atoms with E-state index in [0.29, 0.717) is 17.9 Å². The number of aromatic amines is 1. The average molecular weight is 257 g/mol. The molecule has 0 radical (unpaired) electrons. The summed E-state index contributed by atoms with van der Waals surface area (Å²) in [6, 6.07) is 4.80. The van der Waals surface area contributed by atoms with Crippen molar-refractivity contribution < 1.29 is 0 Å². The Labute approximate surface area is 112 Å². The quantitative estimate of drug-likeness (QED) is 0.731. The van der Waals surface area contributed by atoms with Crippen LogP contribution in [0.4, 0.5) is 5.82 Å². The van der Waals surface area contributed by atoms with Crippen LogP contribution in [0.15, 0.2) is 12.1 Å². The molecule has 5 heteroatoms. The fourth-order valence-corrected chi connectivity index (χ4v) is 3.62. The van der Waals surface area contributed by atoms with E-state index >= 15 is 0 Å². The van der Waals surface area contributed by atoms with E-state index in [2.05, 4.69) is 20.3 Å². The van der Waals surface area contributed by atoms with E-state index in [1.807, 2.05) is 12.1 Å². The van der Waals surface area contributed by atoms with E-state index in [9.17, 15) is 0 Å². The van der Waals surface area contributed by atoms with Crippen LogP contribution < -0.4 is 11.1 Å². The smallest absolute Gasteiger partial charge is 0.179 e. The first-order chi connectivity index (χ1) is 9.29. The van der Waals surface area contributed by atoms with E-state index in [-0.39, 0.29) is 0 Å². The van der Waals surface area contributed by atoms with Crippen LogP contribution in [-0.2, 0) is 0 Å². The lowest BCUT2D eigenvalue weighted by atomic mass is 9.85. The molecule has 19 heavy (non-hydrogen) atoms. The van der Waals surface area contributed by atoms with E-state index < -0.39 is 0 Å². The highest BCUT2D eigenvalue weighted by molar-refractivity contribution is 5.72. The molecule has 2 aromatic heterocycles. The van der Waals surface area contributed by atoms with Gasteiger partial charge in [-0.05, 0) is 37.3 Å². The Morgan fingerprint density at radius 3 is 2.95 bits per heavy atom. The highest BCUT2D eigenvalue weighted by Crippen LogP contribution is 2.38. The predicted molar refractivity (Wildman–Crippen MR) is 74.5 cm³/mol. The Kier molecular flexibility index (Phi) is 2.48. The summed E-state index contributed by atoms with van der Waals surface area (Å²) in [7, 11) is 0. The zero-order valence-corrected chi connectivity index (χ0v) is 10.9. The third-order valence-electron chi connectivity index (χ3n) is 4.58.